The highest BCUT2D eigenvalue weighted by molar-refractivity contribution is 4.81. The van der Waals surface area contributed by atoms with Crippen molar-refractivity contribution in [3.63, 3.8) is 0 Å². The minimum absolute atomic E-state index is 0.719. The van der Waals surface area contributed by atoms with Gasteiger partial charge in [0, 0.05) is 18.1 Å². The fourth-order valence-electron chi connectivity index (χ4n) is 2.24. The van der Waals surface area contributed by atoms with E-state index < -0.39 is 0 Å². The quantitative estimate of drug-likeness (QED) is 0.665. The van der Waals surface area contributed by atoms with Crippen molar-refractivity contribution in [3.05, 3.63) is 0 Å². The molecule has 1 aliphatic carbocycles. The molecule has 0 spiro atoms. The Balaban J connectivity index is 2.18. The van der Waals surface area contributed by atoms with E-state index in [-0.39, 0.29) is 0 Å². The fourth-order valence-corrected chi connectivity index (χ4v) is 2.24. The van der Waals surface area contributed by atoms with E-state index in [0.29, 0.717) is 0 Å². The van der Waals surface area contributed by atoms with Crippen molar-refractivity contribution in [2.45, 2.75) is 71.5 Å². The molecule has 0 radical (unpaired) electrons. The van der Waals surface area contributed by atoms with E-state index in [1.165, 1.54) is 38.8 Å². The van der Waals surface area contributed by atoms with E-state index in [2.05, 4.69) is 37.9 Å². The molecule has 1 aliphatic rings. The van der Waals surface area contributed by atoms with E-state index >= 15 is 0 Å². The fraction of sp³-hybridized carbons (Fsp3) is 1.00. The predicted octanol–water partition coefficient (Wildman–Crippen LogP) is 2.64. The lowest BCUT2D eigenvalue weighted by molar-refractivity contribution is 0.151. The third-order valence-corrected chi connectivity index (χ3v) is 3.66. The monoisotopic (exact) mass is 212 g/mol. The second kappa shape index (κ2) is 6.49. The van der Waals surface area contributed by atoms with Crippen LogP contribution in [0.25, 0.3) is 0 Å². The van der Waals surface area contributed by atoms with Crippen LogP contribution >= 0.6 is 0 Å². The largest absolute Gasteiger partial charge is 0.314 e. The highest BCUT2D eigenvalue weighted by atomic mass is 15.2. The average molecular weight is 212 g/mol. The molecule has 2 heteroatoms. The Morgan fingerprint density at radius 1 is 1.20 bits per heavy atom. The van der Waals surface area contributed by atoms with Crippen molar-refractivity contribution in [2.75, 3.05) is 13.1 Å². The number of rotatable bonds is 8. The van der Waals surface area contributed by atoms with Crippen molar-refractivity contribution in [1.29, 1.82) is 0 Å². The minimum Gasteiger partial charge on any atom is -0.314 e. The lowest BCUT2D eigenvalue weighted by atomic mass is 10.1. The molecule has 0 aromatic rings. The van der Waals surface area contributed by atoms with Gasteiger partial charge in [-0.15, -0.1) is 0 Å². The van der Waals surface area contributed by atoms with Gasteiger partial charge in [0.05, 0.1) is 0 Å². The van der Waals surface area contributed by atoms with Crippen LogP contribution in [0.4, 0.5) is 0 Å². The van der Waals surface area contributed by atoms with Crippen molar-refractivity contribution in [2.24, 2.45) is 0 Å². The van der Waals surface area contributed by atoms with E-state index in [0.717, 1.165) is 18.1 Å². The first-order valence-corrected chi connectivity index (χ1v) is 6.68. The first kappa shape index (κ1) is 13.0. The molecule has 90 valence electrons. The molecule has 2 nitrogen and oxygen atoms in total. The normalized spacial score (nSPS) is 20.6. The SMILES string of the molecule is CCC(C)N(CC)C(C)CCNC1CC1. The zero-order chi connectivity index (χ0) is 11.3. The Morgan fingerprint density at radius 3 is 2.33 bits per heavy atom. The van der Waals surface area contributed by atoms with Crippen LogP contribution in [0.1, 0.15) is 53.4 Å². The first-order chi connectivity index (χ1) is 7.19. The number of nitrogens with zero attached hydrogens (tertiary/aromatic N) is 1. The molecule has 1 N–H and O–H groups in total. The summed E-state index contributed by atoms with van der Waals surface area (Å²) < 4.78 is 0. The molecule has 1 saturated carbocycles. The smallest absolute Gasteiger partial charge is 0.00817 e. The van der Waals surface area contributed by atoms with Gasteiger partial charge >= 0.3 is 0 Å². The summed E-state index contributed by atoms with van der Waals surface area (Å²) in [6.45, 7) is 11.6. The van der Waals surface area contributed by atoms with Crippen molar-refractivity contribution in [3.8, 4) is 0 Å². The summed E-state index contributed by atoms with van der Waals surface area (Å²) in [7, 11) is 0. The second-order valence-electron chi connectivity index (χ2n) is 4.95. The van der Waals surface area contributed by atoms with Crippen molar-refractivity contribution in [1.82, 2.24) is 10.2 Å². The maximum atomic E-state index is 3.60. The van der Waals surface area contributed by atoms with Gasteiger partial charge in [-0.25, -0.2) is 0 Å². The number of nitrogens with one attached hydrogen (secondary N) is 1. The van der Waals surface area contributed by atoms with Crippen LogP contribution in [-0.2, 0) is 0 Å². The Hall–Kier alpha value is -0.0800. The van der Waals surface area contributed by atoms with Gasteiger partial charge < -0.3 is 5.32 Å². The molecule has 1 rings (SSSR count). The molecule has 1 fully saturated rings. The lowest BCUT2D eigenvalue weighted by Crippen LogP contribution is -2.41. The number of hydrogen-bond acceptors (Lipinski definition) is 2. The predicted molar refractivity (Wildman–Crippen MR) is 67.2 cm³/mol. The molecule has 0 heterocycles. The molecular formula is C13H28N2. The van der Waals surface area contributed by atoms with Gasteiger partial charge in [-0.1, -0.05) is 13.8 Å². The molecule has 0 aromatic carbocycles. The average Bonchev–Trinajstić information content (AvgIpc) is 3.02. The van der Waals surface area contributed by atoms with E-state index in [9.17, 15) is 0 Å². The maximum absolute atomic E-state index is 3.60. The summed E-state index contributed by atoms with van der Waals surface area (Å²) in [6.07, 6.45) is 5.34. The summed E-state index contributed by atoms with van der Waals surface area (Å²) in [5.74, 6) is 0. The van der Waals surface area contributed by atoms with Gasteiger partial charge in [0.15, 0.2) is 0 Å². The molecule has 2 unspecified atom stereocenters. The summed E-state index contributed by atoms with van der Waals surface area (Å²) >= 11 is 0. The van der Waals surface area contributed by atoms with Gasteiger partial charge in [0.25, 0.3) is 0 Å². The highest BCUT2D eigenvalue weighted by Crippen LogP contribution is 2.19. The van der Waals surface area contributed by atoms with Gasteiger partial charge in [-0.3, -0.25) is 4.90 Å². The molecule has 0 aliphatic heterocycles. The Kier molecular flexibility index (Phi) is 5.62. The van der Waals surface area contributed by atoms with Crippen LogP contribution in [0.15, 0.2) is 0 Å². The first-order valence-electron chi connectivity index (χ1n) is 6.68. The summed E-state index contributed by atoms with van der Waals surface area (Å²) in [6, 6.07) is 2.30. The Labute approximate surface area is 95.4 Å². The third-order valence-electron chi connectivity index (χ3n) is 3.66. The lowest BCUT2D eigenvalue weighted by Gasteiger charge is -2.33. The summed E-state index contributed by atoms with van der Waals surface area (Å²) in [4.78, 5) is 2.62. The molecule has 0 amide bonds. The molecule has 0 saturated heterocycles. The topological polar surface area (TPSA) is 15.3 Å². The summed E-state index contributed by atoms with van der Waals surface area (Å²) in [5.41, 5.74) is 0. The van der Waals surface area contributed by atoms with Gasteiger partial charge in [-0.2, -0.15) is 0 Å². The molecule has 15 heavy (non-hydrogen) atoms. The maximum Gasteiger partial charge on any atom is 0.00817 e. The number of hydrogen-bond donors (Lipinski definition) is 1. The van der Waals surface area contributed by atoms with Crippen LogP contribution in [0.3, 0.4) is 0 Å². The molecule has 0 bridgehead atoms. The van der Waals surface area contributed by atoms with Crippen LogP contribution < -0.4 is 5.32 Å². The molecule has 2 atom stereocenters. The van der Waals surface area contributed by atoms with Gasteiger partial charge in [0.1, 0.15) is 0 Å². The van der Waals surface area contributed by atoms with Crippen molar-refractivity contribution >= 4 is 0 Å². The third kappa shape index (κ3) is 4.52. The van der Waals surface area contributed by atoms with Crippen LogP contribution in [0.2, 0.25) is 0 Å². The zero-order valence-electron chi connectivity index (χ0n) is 10.9. The van der Waals surface area contributed by atoms with Crippen LogP contribution in [0, 0.1) is 0 Å². The summed E-state index contributed by atoms with van der Waals surface area (Å²) in [5, 5.41) is 3.60. The van der Waals surface area contributed by atoms with Gasteiger partial charge in [-0.05, 0) is 52.6 Å². The second-order valence-corrected chi connectivity index (χ2v) is 4.95. The highest BCUT2D eigenvalue weighted by Gasteiger charge is 2.21. The van der Waals surface area contributed by atoms with E-state index in [1.54, 1.807) is 0 Å². The van der Waals surface area contributed by atoms with Crippen LogP contribution in [-0.4, -0.2) is 36.1 Å². The zero-order valence-corrected chi connectivity index (χ0v) is 10.9. The minimum atomic E-state index is 0.719. The molecular weight excluding hydrogens is 184 g/mol. The van der Waals surface area contributed by atoms with E-state index in [1.807, 2.05) is 0 Å². The van der Waals surface area contributed by atoms with Crippen molar-refractivity contribution < 1.29 is 0 Å². The molecule has 0 aromatic heterocycles. The standard InChI is InChI=1S/C13H28N2/c1-5-11(3)15(6-2)12(4)9-10-14-13-7-8-13/h11-14H,5-10H2,1-4H3. The van der Waals surface area contributed by atoms with E-state index in [4.69, 9.17) is 0 Å². The van der Waals surface area contributed by atoms with Gasteiger partial charge in [0.2, 0.25) is 0 Å². The van der Waals surface area contributed by atoms with Crippen LogP contribution in [0.5, 0.6) is 0 Å². The Morgan fingerprint density at radius 2 is 1.87 bits per heavy atom. The Bertz CT molecular complexity index is 166.